The molecule has 0 radical (unpaired) electrons. The molecule has 15 heavy (non-hydrogen) atoms. The summed E-state index contributed by atoms with van der Waals surface area (Å²) in [7, 11) is 0. The molecule has 0 aliphatic heterocycles. The van der Waals surface area contributed by atoms with Gasteiger partial charge in [0.1, 0.15) is 0 Å². The van der Waals surface area contributed by atoms with Crippen molar-refractivity contribution in [3.8, 4) is 0 Å². The largest absolute Gasteiger partial charge is 0.381 e. The lowest BCUT2D eigenvalue weighted by Gasteiger charge is -2.09. The Kier molecular flexibility index (Phi) is 10.3. The van der Waals surface area contributed by atoms with Crippen LogP contribution in [0.1, 0.15) is 34.1 Å². The zero-order chi connectivity index (χ0) is 11.5. The summed E-state index contributed by atoms with van der Waals surface area (Å²) in [5, 5.41) is 3.32. The quantitative estimate of drug-likeness (QED) is 0.568. The Balaban J connectivity index is 2.93. The van der Waals surface area contributed by atoms with Crippen molar-refractivity contribution in [3.05, 3.63) is 0 Å². The molecule has 3 nitrogen and oxygen atoms in total. The maximum Gasteiger partial charge on any atom is 0.0594 e. The van der Waals surface area contributed by atoms with Crippen molar-refractivity contribution >= 4 is 0 Å². The number of hydrogen-bond donors (Lipinski definition) is 1. The Hall–Kier alpha value is -0.120. The number of ether oxygens (including phenoxy) is 2. The van der Waals surface area contributed by atoms with Gasteiger partial charge in [-0.3, -0.25) is 0 Å². The molecule has 0 fully saturated rings. The van der Waals surface area contributed by atoms with Crippen LogP contribution in [0.2, 0.25) is 0 Å². The van der Waals surface area contributed by atoms with Gasteiger partial charge in [0, 0.05) is 19.8 Å². The monoisotopic (exact) mass is 217 g/mol. The first-order chi connectivity index (χ1) is 7.13. The summed E-state index contributed by atoms with van der Waals surface area (Å²) in [6.45, 7) is 12.9. The SMILES string of the molecule is CC(C)COCCCNCCOC(C)C. The molecule has 0 bridgehead atoms. The van der Waals surface area contributed by atoms with Crippen molar-refractivity contribution in [3.63, 3.8) is 0 Å². The van der Waals surface area contributed by atoms with E-state index in [1.165, 1.54) is 0 Å². The van der Waals surface area contributed by atoms with Gasteiger partial charge in [0.2, 0.25) is 0 Å². The third-order valence-electron chi connectivity index (χ3n) is 1.82. The molecule has 0 atom stereocenters. The van der Waals surface area contributed by atoms with Crippen LogP contribution in [0.15, 0.2) is 0 Å². The predicted molar refractivity (Wildman–Crippen MR) is 64.2 cm³/mol. The van der Waals surface area contributed by atoms with Gasteiger partial charge in [-0.05, 0) is 32.7 Å². The van der Waals surface area contributed by atoms with Crippen LogP contribution in [0.3, 0.4) is 0 Å². The molecule has 0 amide bonds. The van der Waals surface area contributed by atoms with Gasteiger partial charge in [-0.2, -0.15) is 0 Å². The summed E-state index contributed by atoms with van der Waals surface area (Å²) in [5.41, 5.74) is 0. The van der Waals surface area contributed by atoms with E-state index in [-0.39, 0.29) is 0 Å². The normalized spacial score (nSPS) is 11.6. The first-order valence-electron chi connectivity index (χ1n) is 6.03. The van der Waals surface area contributed by atoms with Crippen molar-refractivity contribution in [2.45, 2.75) is 40.2 Å². The Bertz CT molecular complexity index is 113. The highest BCUT2D eigenvalue weighted by Crippen LogP contribution is 1.92. The van der Waals surface area contributed by atoms with E-state index in [2.05, 4.69) is 33.0 Å². The molecule has 92 valence electrons. The highest BCUT2D eigenvalue weighted by atomic mass is 16.5. The molecule has 0 aliphatic carbocycles. The van der Waals surface area contributed by atoms with E-state index in [1.807, 2.05) is 0 Å². The lowest BCUT2D eigenvalue weighted by molar-refractivity contribution is 0.0794. The van der Waals surface area contributed by atoms with Crippen molar-refractivity contribution in [2.24, 2.45) is 5.92 Å². The Morgan fingerprint density at radius 3 is 2.33 bits per heavy atom. The fourth-order valence-electron chi connectivity index (χ4n) is 1.11. The van der Waals surface area contributed by atoms with Gasteiger partial charge in [-0.25, -0.2) is 0 Å². The molecule has 0 aromatic heterocycles. The molecular weight excluding hydrogens is 190 g/mol. The Morgan fingerprint density at radius 2 is 1.73 bits per heavy atom. The molecule has 0 saturated heterocycles. The third-order valence-corrected chi connectivity index (χ3v) is 1.82. The molecular formula is C12H27NO2. The summed E-state index contributed by atoms with van der Waals surface area (Å²) >= 11 is 0. The van der Waals surface area contributed by atoms with Gasteiger partial charge in [0.05, 0.1) is 12.7 Å². The third kappa shape index (κ3) is 13.9. The van der Waals surface area contributed by atoms with Crippen LogP contribution >= 0.6 is 0 Å². The van der Waals surface area contributed by atoms with Crippen LogP contribution in [0.25, 0.3) is 0 Å². The maximum absolute atomic E-state index is 5.47. The average molecular weight is 217 g/mol. The minimum absolute atomic E-state index is 0.334. The van der Waals surface area contributed by atoms with Gasteiger partial charge in [-0.15, -0.1) is 0 Å². The molecule has 0 aromatic carbocycles. The molecule has 0 unspecified atom stereocenters. The second kappa shape index (κ2) is 10.4. The average Bonchev–Trinajstić information content (AvgIpc) is 2.14. The number of nitrogens with one attached hydrogen (secondary N) is 1. The van der Waals surface area contributed by atoms with Crippen molar-refractivity contribution < 1.29 is 9.47 Å². The second-order valence-electron chi connectivity index (χ2n) is 4.49. The first kappa shape index (κ1) is 14.9. The van der Waals surface area contributed by atoms with Crippen LogP contribution in [-0.2, 0) is 9.47 Å². The zero-order valence-corrected chi connectivity index (χ0v) is 10.7. The summed E-state index contributed by atoms with van der Waals surface area (Å²) in [6.07, 6.45) is 1.41. The molecule has 0 spiro atoms. The fourth-order valence-corrected chi connectivity index (χ4v) is 1.11. The Labute approximate surface area is 94.5 Å². The van der Waals surface area contributed by atoms with Crippen LogP contribution in [-0.4, -0.2) is 39.0 Å². The number of hydrogen-bond acceptors (Lipinski definition) is 3. The minimum atomic E-state index is 0.334. The van der Waals surface area contributed by atoms with E-state index in [4.69, 9.17) is 9.47 Å². The lowest BCUT2D eigenvalue weighted by Crippen LogP contribution is -2.23. The highest BCUT2D eigenvalue weighted by molar-refractivity contribution is 4.48. The highest BCUT2D eigenvalue weighted by Gasteiger charge is 1.94. The van der Waals surface area contributed by atoms with Crippen molar-refractivity contribution in [1.82, 2.24) is 5.32 Å². The van der Waals surface area contributed by atoms with Gasteiger partial charge >= 0.3 is 0 Å². The van der Waals surface area contributed by atoms with E-state index in [9.17, 15) is 0 Å². The Morgan fingerprint density at radius 1 is 1.00 bits per heavy atom. The van der Waals surface area contributed by atoms with E-state index < -0.39 is 0 Å². The molecule has 0 rings (SSSR count). The molecule has 0 saturated carbocycles. The standard InChI is InChI=1S/C12H27NO2/c1-11(2)10-14-8-5-6-13-7-9-15-12(3)4/h11-13H,5-10H2,1-4H3. The van der Waals surface area contributed by atoms with Gasteiger partial charge < -0.3 is 14.8 Å². The fraction of sp³-hybridized carbons (Fsp3) is 1.00. The molecule has 1 N–H and O–H groups in total. The second-order valence-corrected chi connectivity index (χ2v) is 4.49. The topological polar surface area (TPSA) is 30.5 Å². The van der Waals surface area contributed by atoms with Crippen LogP contribution < -0.4 is 5.32 Å². The molecule has 3 heteroatoms. The minimum Gasteiger partial charge on any atom is -0.381 e. The summed E-state index contributed by atoms with van der Waals surface area (Å²) in [5.74, 6) is 0.636. The molecule has 0 heterocycles. The van der Waals surface area contributed by atoms with Gasteiger partial charge in [0.25, 0.3) is 0 Å². The van der Waals surface area contributed by atoms with Gasteiger partial charge in [-0.1, -0.05) is 13.8 Å². The summed E-state index contributed by atoms with van der Waals surface area (Å²) in [6, 6.07) is 0. The zero-order valence-electron chi connectivity index (χ0n) is 10.7. The molecule has 0 aromatic rings. The van der Waals surface area contributed by atoms with E-state index in [0.717, 1.165) is 39.3 Å². The van der Waals surface area contributed by atoms with E-state index >= 15 is 0 Å². The van der Waals surface area contributed by atoms with Crippen LogP contribution in [0.5, 0.6) is 0 Å². The first-order valence-corrected chi connectivity index (χ1v) is 6.03. The summed E-state index contributed by atoms with van der Waals surface area (Å²) in [4.78, 5) is 0. The van der Waals surface area contributed by atoms with Gasteiger partial charge in [0.15, 0.2) is 0 Å². The van der Waals surface area contributed by atoms with Crippen LogP contribution in [0, 0.1) is 5.92 Å². The van der Waals surface area contributed by atoms with Crippen molar-refractivity contribution in [2.75, 3.05) is 32.9 Å². The van der Waals surface area contributed by atoms with Crippen molar-refractivity contribution in [1.29, 1.82) is 0 Å². The van der Waals surface area contributed by atoms with Crippen LogP contribution in [0.4, 0.5) is 0 Å². The number of rotatable bonds is 10. The molecule has 0 aliphatic rings. The maximum atomic E-state index is 5.47. The van der Waals surface area contributed by atoms with E-state index in [1.54, 1.807) is 0 Å². The predicted octanol–water partition coefficient (Wildman–Crippen LogP) is 2.06. The van der Waals surface area contributed by atoms with E-state index in [0.29, 0.717) is 12.0 Å². The summed E-state index contributed by atoms with van der Waals surface area (Å²) < 4.78 is 10.9. The lowest BCUT2D eigenvalue weighted by atomic mass is 10.2. The smallest absolute Gasteiger partial charge is 0.0594 e.